The van der Waals surface area contributed by atoms with Gasteiger partial charge in [0.25, 0.3) is 0 Å². The van der Waals surface area contributed by atoms with E-state index in [1.165, 1.54) is 0 Å². The van der Waals surface area contributed by atoms with Gasteiger partial charge in [0.15, 0.2) is 0 Å². The van der Waals surface area contributed by atoms with Crippen LogP contribution in [0, 0.1) is 12.8 Å². The van der Waals surface area contributed by atoms with Crippen LogP contribution in [0.25, 0.3) is 0 Å². The number of carboxylic acid groups (broad SMARTS) is 1. The molecule has 17 heavy (non-hydrogen) atoms. The van der Waals surface area contributed by atoms with Crippen LogP contribution in [0.5, 0.6) is 5.75 Å². The number of carbonyl (C=O) groups is 1. The monoisotopic (exact) mass is 233 g/mol. The van der Waals surface area contributed by atoms with Gasteiger partial charge < -0.3 is 15.2 Å². The highest BCUT2D eigenvalue weighted by Crippen LogP contribution is 2.42. The van der Waals surface area contributed by atoms with Crippen molar-refractivity contribution < 1.29 is 14.6 Å². The predicted molar refractivity (Wildman–Crippen MR) is 62.3 cm³/mol. The first-order valence-corrected chi connectivity index (χ1v) is 5.86. The van der Waals surface area contributed by atoms with Crippen LogP contribution in [0.4, 0.5) is 0 Å². The van der Waals surface area contributed by atoms with Crippen LogP contribution in [0.1, 0.15) is 17.0 Å². The van der Waals surface area contributed by atoms with E-state index in [1.54, 1.807) is 0 Å². The molecule has 2 aliphatic heterocycles. The Labute approximate surface area is 99.6 Å². The number of nitrogens with one attached hydrogen (secondary N) is 1. The van der Waals surface area contributed by atoms with Crippen molar-refractivity contribution in [1.82, 2.24) is 5.32 Å². The van der Waals surface area contributed by atoms with E-state index in [0.29, 0.717) is 6.61 Å². The Bertz CT molecular complexity index is 472. The minimum Gasteiger partial charge on any atom is -0.493 e. The maximum atomic E-state index is 11.2. The van der Waals surface area contributed by atoms with Gasteiger partial charge in [0, 0.05) is 18.4 Å². The molecule has 3 atom stereocenters. The van der Waals surface area contributed by atoms with Crippen molar-refractivity contribution in [2.45, 2.75) is 18.9 Å². The minimum absolute atomic E-state index is 0.0387. The molecule has 0 spiro atoms. The Hall–Kier alpha value is -1.55. The largest absolute Gasteiger partial charge is 0.493 e. The Morgan fingerprint density at radius 3 is 3.12 bits per heavy atom. The number of aliphatic carboxylic acids is 1. The van der Waals surface area contributed by atoms with Gasteiger partial charge in [-0.2, -0.15) is 0 Å². The first kappa shape index (κ1) is 10.6. The summed E-state index contributed by atoms with van der Waals surface area (Å²) in [4.78, 5) is 11.2. The fourth-order valence-electron chi connectivity index (χ4n) is 2.88. The standard InChI is InChI=1S/C13H15NO3/c1-7-2-3-9-10(4-7)17-6-8-5-14-12(11(8)9)13(15)16/h2-4,8,11-12,14H,5-6H2,1H3,(H,15,16)/t8?,11-,12?/m0/s1. The van der Waals surface area contributed by atoms with E-state index < -0.39 is 12.0 Å². The van der Waals surface area contributed by atoms with E-state index >= 15 is 0 Å². The van der Waals surface area contributed by atoms with E-state index in [1.807, 2.05) is 25.1 Å². The van der Waals surface area contributed by atoms with Crippen molar-refractivity contribution in [3.63, 3.8) is 0 Å². The molecule has 4 heteroatoms. The zero-order valence-electron chi connectivity index (χ0n) is 9.64. The fraction of sp³-hybridized carbons (Fsp3) is 0.462. The summed E-state index contributed by atoms with van der Waals surface area (Å²) in [7, 11) is 0. The van der Waals surface area contributed by atoms with Gasteiger partial charge in [0.1, 0.15) is 11.8 Å². The number of rotatable bonds is 1. The van der Waals surface area contributed by atoms with Gasteiger partial charge in [0.05, 0.1) is 6.61 Å². The van der Waals surface area contributed by atoms with Gasteiger partial charge in [-0.15, -0.1) is 0 Å². The number of hydrogen-bond acceptors (Lipinski definition) is 3. The van der Waals surface area contributed by atoms with Gasteiger partial charge in [0.2, 0.25) is 0 Å². The predicted octanol–water partition coefficient (Wildman–Crippen LogP) is 1.14. The van der Waals surface area contributed by atoms with E-state index in [4.69, 9.17) is 4.74 Å². The highest BCUT2D eigenvalue weighted by atomic mass is 16.5. The molecule has 1 aromatic carbocycles. The number of ether oxygens (including phenoxy) is 1. The first-order valence-electron chi connectivity index (χ1n) is 5.86. The van der Waals surface area contributed by atoms with Crippen LogP contribution < -0.4 is 10.1 Å². The molecule has 0 amide bonds. The van der Waals surface area contributed by atoms with Crippen LogP contribution in [-0.4, -0.2) is 30.3 Å². The summed E-state index contributed by atoms with van der Waals surface area (Å²) in [6, 6.07) is 5.53. The molecule has 4 nitrogen and oxygen atoms in total. The van der Waals surface area contributed by atoms with E-state index in [0.717, 1.165) is 23.4 Å². The van der Waals surface area contributed by atoms with Crippen LogP contribution in [-0.2, 0) is 4.79 Å². The molecule has 2 heterocycles. The third-order valence-electron chi connectivity index (χ3n) is 3.71. The third-order valence-corrected chi connectivity index (χ3v) is 3.71. The van der Waals surface area contributed by atoms with Gasteiger partial charge >= 0.3 is 5.97 Å². The molecule has 1 saturated heterocycles. The topological polar surface area (TPSA) is 58.6 Å². The summed E-state index contributed by atoms with van der Waals surface area (Å²) in [6.45, 7) is 3.34. The van der Waals surface area contributed by atoms with Gasteiger partial charge in [-0.3, -0.25) is 4.79 Å². The van der Waals surface area contributed by atoms with Crippen molar-refractivity contribution in [2.75, 3.05) is 13.2 Å². The Morgan fingerprint density at radius 1 is 1.53 bits per heavy atom. The number of carboxylic acids is 1. The Kier molecular flexibility index (Phi) is 2.33. The fourth-order valence-corrected chi connectivity index (χ4v) is 2.88. The SMILES string of the molecule is Cc1ccc2c(c1)OCC1CNC(C(=O)O)[C@H]21. The van der Waals surface area contributed by atoms with Crippen molar-refractivity contribution in [3.8, 4) is 5.75 Å². The van der Waals surface area contributed by atoms with Crippen molar-refractivity contribution in [2.24, 2.45) is 5.92 Å². The van der Waals surface area contributed by atoms with Crippen LogP contribution in [0.2, 0.25) is 0 Å². The summed E-state index contributed by atoms with van der Waals surface area (Å²) < 4.78 is 5.71. The molecule has 0 saturated carbocycles. The normalized spacial score (nSPS) is 30.3. The molecule has 2 aliphatic rings. The highest BCUT2D eigenvalue weighted by molar-refractivity contribution is 5.76. The zero-order valence-corrected chi connectivity index (χ0v) is 9.64. The lowest BCUT2D eigenvalue weighted by Crippen LogP contribution is -2.36. The van der Waals surface area contributed by atoms with Crippen molar-refractivity contribution >= 4 is 5.97 Å². The first-order chi connectivity index (χ1) is 8.16. The number of benzene rings is 1. The quantitative estimate of drug-likeness (QED) is 0.763. The lowest BCUT2D eigenvalue weighted by molar-refractivity contribution is -0.139. The summed E-state index contributed by atoms with van der Waals surface area (Å²) in [6.07, 6.45) is 0. The van der Waals surface area contributed by atoms with Crippen LogP contribution in [0.15, 0.2) is 18.2 Å². The zero-order chi connectivity index (χ0) is 12.0. The Morgan fingerprint density at radius 2 is 2.35 bits per heavy atom. The smallest absolute Gasteiger partial charge is 0.321 e. The molecule has 0 bridgehead atoms. The molecular weight excluding hydrogens is 218 g/mol. The second-order valence-electron chi connectivity index (χ2n) is 4.86. The summed E-state index contributed by atoms with van der Waals surface area (Å²) in [5.41, 5.74) is 2.17. The summed E-state index contributed by atoms with van der Waals surface area (Å²) >= 11 is 0. The number of aryl methyl sites for hydroxylation is 1. The van der Waals surface area contributed by atoms with Gasteiger partial charge in [-0.1, -0.05) is 12.1 Å². The van der Waals surface area contributed by atoms with E-state index in [2.05, 4.69) is 5.32 Å². The Balaban J connectivity index is 2.04. The average Bonchev–Trinajstić information content (AvgIpc) is 2.72. The van der Waals surface area contributed by atoms with Crippen LogP contribution >= 0.6 is 0 Å². The van der Waals surface area contributed by atoms with E-state index in [-0.39, 0.29) is 11.8 Å². The minimum atomic E-state index is -0.772. The molecule has 90 valence electrons. The molecule has 2 unspecified atom stereocenters. The summed E-state index contributed by atoms with van der Waals surface area (Å²) in [5.74, 6) is 0.385. The van der Waals surface area contributed by atoms with Crippen molar-refractivity contribution in [3.05, 3.63) is 29.3 Å². The molecule has 0 radical (unpaired) electrons. The average molecular weight is 233 g/mol. The molecule has 1 fully saturated rings. The maximum absolute atomic E-state index is 11.2. The molecule has 0 aliphatic carbocycles. The second-order valence-corrected chi connectivity index (χ2v) is 4.86. The van der Waals surface area contributed by atoms with Gasteiger partial charge in [-0.25, -0.2) is 0 Å². The lowest BCUT2D eigenvalue weighted by Gasteiger charge is -2.30. The lowest BCUT2D eigenvalue weighted by atomic mass is 9.82. The molecule has 2 N–H and O–H groups in total. The third kappa shape index (κ3) is 1.60. The summed E-state index contributed by atoms with van der Waals surface area (Å²) in [5, 5.41) is 12.3. The molecule has 0 aromatic heterocycles. The molecule has 1 aromatic rings. The van der Waals surface area contributed by atoms with Crippen molar-refractivity contribution in [1.29, 1.82) is 0 Å². The molecule has 3 rings (SSSR count). The van der Waals surface area contributed by atoms with Crippen LogP contribution in [0.3, 0.4) is 0 Å². The molecular formula is C13H15NO3. The maximum Gasteiger partial charge on any atom is 0.321 e. The number of hydrogen-bond donors (Lipinski definition) is 2. The highest BCUT2D eigenvalue weighted by Gasteiger charge is 2.44. The van der Waals surface area contributed by atoms with E-state index in [9.17, 15) is 9.90 Å². The van der Waals surface area contributed by atoms with Gasteiger partial charge in [-0.05, 0) is 24.1 Å². The number of fused-ring (bicyclic) bond motifs is 3. The second kappa shape index (κ2) is 3.74.